The van der Waals surface area contributed by atoms with E-state index in [1.54, 1.807) is 11.3 Å². The van der Waals surface area contributed by atoms with Crippen LogP contribution in [0.1, 0.15) is 17.1 Å². The number of hydrogen-bond acceptors (Lipinski definition) is 5. The molecule has 17 heavy (non-hydrogen) atoms. The summed E-state index contributed by atoms with van der Waals surface area (Å²) in [6.45, 7) is 3.75. The van der Waals surface area contributed by atoms with E-state index in [1.807, 2.05) is 0 Å². The van der Waals surface area contributed by atoms with Gasteiger partial charge in [-0.15, -0.1) is 11.3 Å². The Labute approximate surface area is 104 Å². The molecule has 2 aromatic heterocycles. The predicted octanol–water partition coefficient (Wildman–Crippen LogP) is 2.16. The zero-order valence-corrected chi connectivity index (χ0v) is 10.6. The number of ether oxygens (including phenoxy) is 1. The fourth-order valence-corrected chi connectivity index (χ4v) is 3.11. The monoisotopic (exact) mass is 249 g/mol. The van der Waals surface area contributed by atoms with Crippen molar-refractivity contribution in [3.63, 3.8) is 0 Å². The summed E-state index contributed by atoms with van der Waals surface area (Å²) in [6, 6.07) is 2.05. The highest BCUT2D eigenvalue weighted by Crippen LogP contribution is 2.27. The Morgan fingerprint density at radius 2 is 2.41 bits per heavy atom. The van der Waals surface area contributed by atoms with Gasteiger partial charge in [0.15, 0.2) is 0 Å². The van der Waals surface area contributed by atoms with E-state index in [-0.39, 0.29) is 0 Å². The van der Waals surface area contributed by atoms with E-state index in [2.05, 4.69) is 23.0 Å². The third kappa shape index (κ3) is 2.12. The van der Waals surface area contributed by atoms with Crippen LogP contribution in [0.3, 0.4) is 0 Å². The van der Waals surface area contributed by atoms with Crippen molar-refractivity contribution < 1.29 is 4.74 Å². The van der Waals surface area contributed by atoms with E-state index < -0.39 is 0 Å². The van der Waals surface area contributed by atoms with Crippen molar-refractivity contribution >= 4 is 27.4 Å². The van der Waals surface area contributed by atoms with Crippen molar-refractivity contribution in [2.24, 2.45) is 5.92 Å². The van der Waals surface area contributed by atoms with Crippen molar-refractivity contribution in [3.8, 4) is 0 Å². The van der Waals surface area contributed by atoms with Crippen LogP contribution in [0.4, 0.5) is 5.82 Å². The molecule has 0 aromatic carbocycles. The molecule has 1 saturated heterocycles. The molecule has 0 spiro atoms. The summed E-state index contributed by atoms with van der Waals surface area (Å²) < 4.78 is 5.37. The van der Waals surface area contributed by atoms with E-state index in [1.165, 1.54) is 4.88 Å². The molecule has 0 bridgehead atoms. The van der Waals surface area contributed by atoms with Crippen LogP contribution in [0, 0.1) is 12.8 Å². The van der Waals surface area contributed by atoms with Crippen molar-refractivity contribution in [2.45, 2.75) is 19.8 Å². The van der Waals surface area contributed by atoms with Gasteiger partial charge in [-0.05, 0) is 25.3 Å². The fourth-order valence-electron chi connectivity index (χ4n) is 2.20. The molecule has 90 valence electrons. The lowest BCUT2D eigenvalue weighted by Gasteiger charge is -2.06. The zero-order chi connectivity index (χ0) is 11.8. The average Bonchev–Trinajstić information content (AvgIpc) is 2.87. The lowest BCUT2D eigenvalue weighted by Crippen LogP contribution is -2.08. The SMILES string of the molecule is Cc1cc2c(N)nc(CC3CCOC3)nc2s1. The van der Waals surface area contributed by atoms with Crippen molar-refractivity contribution in [2.75, 3.05) is 18.9 Å². The number of hydrogen-bond donors (Lipinski definition) is 1. The van der Waals surface area contributed by atoms with Gasteiger partial charge < -0.3 is 10.5 Å². The minimum absolute atomic E-state index is 0.549. The molecule has 0 amide bonds. The van der Waals surface area contributed by atoms with Crippen LogP contribution in [0.25, 0.3) is 10.2 Å². The molecule has 0 saturated carbocycles. The van der Waals surface area contributed by atoms with Gasteiger partial charge in [-0.25, -0.2) is 9.97 Å². The third-order valence-corrected chi connectivity index (χ3v) is 4.03. The van der Waals surface area contributed by atoms with Crippen LogP contribution in [0.2, 0.25) is 0 Å². The molecule has 2 aromatic rings. The van der Waals surface area contributed by atoms with Crippen LogP contribution < -0.4 is 5.73 Å². The average molecular weight is 249 g/mol. The van der Waals surface area contributed by atoms with Crippen LogP contribution in [-0.2, 0) is 11.2 Å². The standard InChI is InChI=1S/C12H15N3OS/c1-7-4-9-11(13)14-10(15-12(9)17-7)5-8-2-3-16-6-8/h4,8H,2-3,5-6H2,1H3,(H2,13,14,15). The minimum Gasteiger partial charge on any atom is -0.383 e. The first kappa shape index (κ1) is 10.9. The van der Waals surface area contributed by atoms with Gasteiger partial charge in [0.05, 0.1) is 5.39 Å². The summed E-state index contributed by atoms with van der Waals surface area (Å²) in [5, 5.41) is 0.985. The second-order valence-electron chi connectivity index (χ2n) is 4.53. The van der Waals surface area contributed by atoms with E-state index in [0.29, 0.717) is 11.7 Å². The summed E-state index contributed by atoms with van der Waals surface area (Å²) >= 11 is 1.68. The number of nitrogens with zero attached hydrogens (tertiary/aromatic N) is 2. The second kappa shape index (κ2) is 4.23. The Bertz CT molecular complexity index is 546. The fraction of sp³-hybridized carbons (Fsp3) is 0.500. The molecule has 1 aliphatic rings. The van der Waals surface area contributed by atoms with E-state index >= 15 is 0 Å². The Hall–Kier alpha value is -1.20. The molecular formula is C12H15N3OS. The van der Waals surface area contributed by atoms with Gasteiger partial charge in [0.2, 0.25) is 0 Å². The number of nitrogen functional groups attached to an aromatic ring is 1. The third-order valence-electron chi connectivity index (χ3n) is 3.09. The van der Waals surface area contributed by atoms with Crippen LogP contribution in [0.5, 0.6) is 0 Å². The van der Waals surface area contributed by atoms with Gasteiger partial charge in [-0.1, -0.05) is 0 Å². The van der Waals surface area contributed by atoms with Crippen LogP contribution >= 0.6 is 11.3 Å². The van der Waals surface area contributed by atoms with E-state index in [9.17, 15) is 0 Å². The van der Waals surface area contributed by atoms with Gasteiger partial charge >= 0.3 is 0 Å². The molecule has 0 radical (unpaired) electrons. The first-order chi connectivity index (χ1) is 8.22. The number of thiophene rings is 1. The maximum Gasteiger partial charge on any atom is 0.135 e. The minimum atomic E-state index is 0.549. The van der Waals surface area contributed by atoms with Crippen LogP contribution in [0.15, 0.2) is 6.07 Å². The number of aryl methyl sites for hydroxylation is 1. The Balaban J connectivity index is 1.94. The maximum absolute atomic E-state index is 5.97. The van der Waals surface area contributed by atoms with Crippen molar-refractivity contribution in [1.82, 2.24) is 9.97 Å². The first-order valence-electron chi connectivity index (χ1n) is 5.82. The van der Waals surface area contributed by atoms with Crippen LogP contribution in [-0.4, -0.2) is 23.2 Å². The second-order valence-corrected chi connectivity index (χ2v) is 5.77. The lowest BCUT2D eigenvalue weighted by atomic mass is 10.0. The lowest BCUT2D eigenvalue weighted by molar-refractivity contribution is 0.185. The predicted molar refractivity (Wildman–Crippen MR) is 69.2 cm³/mol. The quantitative estimate of drug-likeness (QED) is 0.886. The molecule has 3 rings (SSSR count). The summed E-state index contributed by atoms with van der Waals surface area (Å²) in [5.74, 6) is 2.01. The molecule has 2 N–H and O–H groups in total. The zero-order valence-electron chi connectivity index (χ0n) is 9.77. The van der Waals surface area contributed by atoms with Gasteiger partial charge in [-0.2, -0.15) is 0 Å². The molecule has 1 unspecified atom stereocenters. The van der Waals surface area contributed by atoms with Gasteiger partial charge in [0, 0.05) is 24.5 Å². The number of nitrogens with two attached hydrogens (primary N) is 1. The van der Waals surface area contributed by atoms with Crippen molar-refractivity contribution in [3.05, 3.63) is 16.8 Å². The Morgan fingerprint density at radius 1 is 1.53 bits per heavy atom. The molecule has 1 atom stereocenters. The molecule has 4 nitrogen and oxygen atoms in total. The smallest absolute Gasteiger partial charge is 0.135 e. The highest BCUT2D eigenvalue weighted by atomic mass is 32.1. The number of rotatable bonds is 2. The topological polar surface area (TPSA) is 61.0 Å². The number of anilines is 1. The first-order valence-corrected chi connectivity index (χ1v) is 6.64. The molecular weight excluding hydrogens is 234 g/mol. The van der Waals surface area contributed by atoms with E-state index in [0.717, 1.165) is 42.1 Å². The molecule has 1 aliphatic heterocycles. The molecule has 0 aliphatic carbocycles. The maximum atomic E-state index is 5.97. The Morgan fingerprint density at radius 3 is 3.18 bits per heavy atom. The normalized spacial score (nSPS) is 20.2. The summed E-state index contributed by atoms with van der Waals surface area (Å²) in [6.07, 6.45) is 1.97. The number of fused-ring (bicyclic) bond motifs is 1. The summed E-state index contributed by atoms with van der Waals surface area (Å²) in [5.41, 5.74) is 5.97. The van der Waals surface area contributed by atoms with E-state index in [4.69, 9.17) is 10.5 Å². The number of aromatic nitrogens is 2. The molecule has 1 fully saturated rings. The van der Waals surface area contributed by atoms with Crippen molar-refractivity contribution in [1.29, 1.82) is 0 Å². The molecule has 5 heteroatoms. The largest absolute Gasteiger partial charge is 0.383 e. The van der Waals surface area contributed by atoms with Gasteiger partial charge in [-0.3, -0.25) is 0 Å². The Kier molecular flexibility index (Phi) is 2.72. The summed E-state index contributed by atoms with van der Waals surface area (Å²) in [4.78, 5) is 11.2. The highest BCUT2D eigenvalue weighted by Gasteiger charge is 2.18. The van der Waals surface area contributed by atoms with Gasteiger partial charge in [0.1, 0.15) is 16.5 Å². The van der Waals surface area contributed by atoms with Gasteiger partial charge in [0.25, 0.3) is 0 Å². The highest BCUT2D eigenvalue weighted by molar-refractivity contribution is 7.18. The molecule has 3 heterocycles. The summed E-state index contributed by atoms with van der Waals surface area (Å²) in [7, 11) is 0.